The molecule has 0 fully saturated rings. The lowest BCUT2D eigenvalue weighted by Gasteiger charge is -2.39. The Labute approximate surface area is 142 Å². The third-order valence-corrected chi connectivity index (χ3v) is 4.80. The first kappa shape index (κ1) is 16.3. The van der Waals surface area contributed by atoms with Crippen LogP contribution < -0.4 is 16.4 Å². The Morgan fingerprint density at radius 1 is 1.33 bits per heavy atom. The van der Waals surface area contributed by atoms with E-state index in [1.165, 1.54) is 0 Å². The highest BCUT2D eigenvalue weighted by atomic mass is 16.1. The fraction of sp³-hybridized carbons (Fsp3) is 0.368. The summed E-state index contributed by atoms with van der Waals surface area (Å²) >= 11 is 0. The molecule has 1 aliphatic heterocycles. The number of hydrogen-bond donors (Lipinski definition) is 3. The van der Waals surface area contributed by atoms with Gasteiger partial charge < -0.3 is 16.4 Å². The van der Waals surface area contributed by atoms with E-state index in [-0.39, 0.29) is 6.04 Å². The van der Waals surface area contributed by atoms with Gasteiger partial charge >= 0.3 is 0 Å². The lowest BCUT2D eigenvalue weighted by atomic mass is 9.82. The van der Waals surface area contributed by atoms with Gasteiger partial charge in [-0.3, -0.25) is 4.79 Å². The van der Waals surface area contributed by atoms with Crippen LogP contribution in [-0.2, 0) is 0 Å². The van der Waals surface area contributed by atoms with Crippen LogP contribution in [0.5, 0.6) is 0 Å². The molecule has 1 amide bonds. The quantitative estimate of drug-likeness (QED) is 0.804. The molecule has 5 nitrogen and oxygen atoms in total. The molecule has 1 aromatic heterocycles. The van der Waals surface area contributed by atoms with Crippen LogP contribution in [0.4, 0.5) is 11.5 Å². The zero-order valence-corrected chi connectivity index (χ0v) is 14.3. The van der Waals surface area contributed by atoms with E-state index >= 15 is 0 Å². The van der Waals surface area contributed by atoms with Gasteiger partial charge in [0.25, 0.3) is 0 Å². The van der Waals surface area contributed by atoms with Crippen LogP contribution in [0.15, 0.2) is 36.4 Å². The standard InChI is InChI=1S/C19H24N4O/c1-4-15-12(3)18(23-17-7-5-6-11(2)21-17)14-10-13(19(20)24)8-9-16(14)22-15/h5-10,12,15,18,22H,4H2,1-3H3,(H2,20,24)(H,21,23). The van der Waals surface area contributed by atoms with Gasteiger partial charge in [0.1, 0.15) is 5.82 Å². The number of fused-ring (bicyclic) bond motifs is 1. The van der Waals surface area contributed by atoms with E-state index in [9.17, 15) is 4.79 Å². The van der Waals surface area contributed by atoms with Gasteiger partial charge in [0, 0.05) is 28.9 Å². The molecule has 24 heavy (non-hydrogen) atoms. The minimum atomic E-state index is -0.407. The Balaban J connectivity index is 2.02. The average Bonchev–Trinajstić information content (AvgIpc) is 2.56. The maximum Gasteiger partial charge on any atom is 0.248 e. The summed E-state index contributed by atoms with van der Waals surface area (Å²) in [4.78, 5) is 16.1. The summed E-state index contributed by atoms with van der Waals surface area (Å²) in [6.45, 7) is 6.37. The normalized spacial score (nSPS) is 22.4. The summed E-state index contributed by atoms with van der Waals surface area (Å²) in [6, 6.07) is 12.0. The van der Waals surface area contributed by atoms with E-state index in [4.69, 9.17) is 5.73 Å². The number of nitrogens with zero attached hydrogens (tertiary/aromatic N) is 1. The first-order chi connectivity index (χ1) is 11.5. The number of nitrogens with two attached hydrogens (primary N) is 1. The van der Waals surface area contributed by atoms with E-state index in [1.54, 1.807) is 6.07 Å². The second kappa shape index (κ2) is 6.51. The average molecular weight is 324 g/mol. The fourth-order valence-electron chi connectivity index (χ4n) is 3.42. The molecular weight excluding hydrogens is 300 g/mol. The van der Waals surface area contributed by atoms with Gasteiger partial charge in [-0.05, 0) is 49.2 Å². The Morgan fingerprint density at radius 2 is 2.12 bits per heavy atom. The molecule has 3 atom stereocenters. The Hall–Kier alpha value is -2.56. The van der Waals surface area contributed by atoms with Crippen molar-refractivity contribution in [2.45, 2.75) is 39.3 Å². The maximum absolute atomic E-state index is 11.6. The predicted molar refractivity (Wildman–Crippen MR) is 97.2 cm³/mol. The van der Waals surface area contributed by atoms with Crippen molar-refractivity contribution in [2.24, 2.45) is 11.7 Å². The molecule has 1 aromatic carbocycles. The van der Waals surface area contributed by atoms with Crippen LogP contribution in [-0.4, -0.2) is 16.9 Å². The van der Waals surface area contributed by atoms with Crippen molar-refractivity contribution < 1.29 is 4.79 Å². The number of hydrogen-bond acceptors (Lipinski definition) is 4. The monoisotopic (exact) mass is 324 g/mol. The third kappa shape index (κ3) is 3.07. The number of aryl methyl sites for hydroxylation is 1. The SMILES string of the molecule is CCC1Nc2ccc(C(N)=O)cc2C(Nc2cccc(C)n2)C1C. The summed E-state index contributed by atoms with van der Waals surface area (Å²) in [6.07, 6.45) is 1.03. The number of primary amides is 1. The number of amides is 1. The molecule has 0 radical (unpaired) electrons. The van der Waals surface area contributed by atoms with Gasteiger partial charge in [-0.2, -0.15) is 0 Å². The number of benzene rings is 1. The number of anilines is 2. The number of carbonyl (C=O) groups is 1. The molecule has 0 aliphatic carbocycles. The predicted octanol–water partition coefficient (Wildman–Crippen LogP) is 3.48. The molecule has 0 saturated heterocycles. The maximum atomic E-state index is 11.6. The van der Waals surface area contributed by atoms with E-state index < -0.39 is 5.91 Å². The molecule has 126 valence electrons. The molecule has 3 unspecified atom stereocenters. The van der Waals surface area contributed by atoms with E-state index in [1.807, 2.05) is 37.3 Å². The molecule has 2 heterocycles. The topological polar surface area (TPSA) is 80.0 Å². The fourth-order valence-corrected chi connectivity index (χ4v) is 3.42. The zero-order chi connectivity index (χ0) is 17.3. The van der Waals surface area contributed by atoms with Crippen molar-refractivity contribution in [3.63, 3.8) is 0 Å². The number of pyridine rings is 1. The minimum Gasteiger partial charge on any atom is -0.382 e. The van der Waals surface area contributed by atoms with Crippen molar-refractivity contribution in [1.29, 1.82) is 0 Å². The second-order valence-electron chi connectivity index (χ2n) is 6.47. The van der Waals surface area contributed by atoms with Crippen molar-refractivity contribution in [3.05, 3.63) is 53.2 Å². The van der Waals surface area contributed by atoms with Crippen molar-refractivity contribution >= 4 is 17.4 Å². The highest BCUT2D eigenvalue weighted by Crippen LogP contribution is 2.39. The first-order valence-corrected chi connectivity index (χ1v) is 8.40. The van der Waals surface area contributed by atoms with Crippen molar-refractivity contribution in [1.82, 2.24) is 4.98 Å². The molecule has 3 rings (SSSR count). The molecule has 0 saturated carbocycles. The summed E-state index contributed by atoms with van der Waals surface area (Å²) in [5, 5.41) is 7.13. The van der Waals surface area contributed by atoms with E-state index in [0.29, 0.717) is 17.5 Å². The second-order valence-corrected chi connectivity index (χ2v) is 6.47. The minimum absolute atomic E-state index is 0.0693. The number of aromatic nitrogens is 1. The molecule has 0 spiro atoms. The molecule has 2 aromatic rings. The van der Waals surface area contributed by atoms with Crippen molar-refractivity contribution in [3.8, 4) is 0 Å². The lowest BCUT2D eigenvalue weighted by molar-refractivity contribution is 0.1000. The smallest absolute Gasteiger partial charge is 0.248 e. The van der Waals surface area contributed by atoms with Crippen LogP contribution in [0.1, 0.15) is 47.9 Å². The lowest BCUT2D eigenvalue weighted by Crippen LogP contribution is -2.39. The van der Waals surface area contributed by atoms with Crippen LogP contribution in [0.25, 0.3) is 0 Å². The van der Waals surface area contributed by atoms with Crippen LogP contribution in [0, 0.1) is 12.8 Å². The summed E-state index contributed by atoms with van der Waals surface area (Å²) < 4.78 is 0. The van der Waals surface area contributed by atoms with Crippen LogP contribution in [0.3, 0.4) is 0 Å². The van der Waals surface area contributed by atoms with Crippen LogP contribution >= 0.6 is 0 Å². The molecular formula is C19H24N4O. The third-order valence-electron chi connectivity index (χ3n) is 4.80. The van der Waals surface area contributed by atoms with Gasteiger partial charge in [0.2, 0.25) is 5.91 Å². The van der Waals surface area contributed by atoms with Crippen molar-refractivity contribution in [2.75, 3.05) is 10.6 Å². The number of nitrogens with one attached hydrogen (secondary N) is 2. The van der Waals surface area contributed by atoms with Crippen LogP contribution in [0.2, 0.25) is 0 Å². The molecule has 0 bridgehead atoms. The molecule has 1 aliphatic rings. The summed E-state index contributed by atoms with van der Waals surface area (Å²) in [5.74, 6) is 0.780. The molecule has 5 heteroatoms. The largest absolute Gasteiger partial charge is 0.382 e. The first-order valence-electron chi connectivity index (χ1n) is 8.40. The highest BCUT2D eigenvalue weighted by molar-refractivity contribution is 5.93. The van der Waals surface area contributed by atoms with E-state index in [2.05, 4.69) is 29.5 Å². The zero-order valence-electron chi connectivity index (χ0n) is 14.3. The van der Waals surface area contributed by atoms with Gasteiger partial charge in [-0.25, -0.2) is 4.98 Å². The number of carbonyl (C=O) groups excluding carboxylic acids is 1. The van der Waals surface area contributed by atoms with Gasteiger partial charge in [-0.15, -0.1) is 0 Å². The highest BCUT2D eigenvalue weighted by Gasteiger charge is 2.33. The Bertz CT molecular complexity index is 759. The van der Waals surface area contributed by atoms with Gasteiger partial charge in [0.05, 0.1) is 6.04 Å². The Morgan fingerprint density at radius 3 is 2.79 bits per heavy atom. The summed E-state index contributed by atoms with van der Waals surface area (Å²) in [5.41, 5.74) is 9.08. The Kier molecular flexibility index (Phi) is 4.42. The summed E-state index contributed by atoms with van der Waals surface area (Å²) in [7, 11) is 0. The number of rotatable bonds is 4. The van der Waals surface area contributed by atoms with Gasteiger partial charge in [0.15, 0.2) is 0 Å². The molecule has 4 N–H and O–H groups in total. The van der Waals surface area contributed by atoms with E-state index in [0.717, 1.165) is 29.2 Å². The van der Waals surface area contributed by atoms with Gasteiger partial charge in [-0.1, -0.05) is 19.9 Å².